The summed E-state index contributed by atoms with van der Waals surface area (Å²) in [5.41, 5.74) is 0.771. The average molecular weight is 386 g/mol. The van der Waals surface area contributed by atoms with Crippen LogP contribution < -0.4 is 9.47 Å². The molecule has 8 nitrogen and oxygen atoms in total. The van der Waals surface area contributed by atoms with Crippen molar-refractivity contribution in [3.8, 4) is 23.0 Å². The predicted molar refractivity (Wildman–Crippen MR) is 102 cm³/mol. The van der Waals surface area contributed by atoms with Crippen LogP contribution in [0.4, 0.5) is 0 Å². The molecule has 1 saturated heterocycles. The van der Waals surface area contributed by atoms with Crippen LogP contribution in [0.25, 0.3) is 11.5 Å². The Labute approximate surface area is 164 Å². The molecule has 150 valence electrons. The fraction of sp³-hybridized carbons (Fsp3) is 0.550. The van der Waals surface area contributed by atoms with E-state index in [1.807, 2.05) is 25.2 Å². The number of likely N-dealkylation sites (N-methyl/N-ethyl adjacent to an activating group) is 1. The van der Waals surface area contributed by atoms with Gasteiger partial charge < -0.3 is 23.7 Å². The molecule has 0 spiro atoms. The van der Waals surface area contributed by atoms with Crippen LogP contribution >= 0.6 is 0 Å². The minimum atomic E-state index is 0.0971. The second kappa shape index (κ2) is 8.60. The Morgan fingerprint density at radius 2 is 1.96 bits per heavy atom. The highest BCUT2D eigenvalue weighted by Gasteiger charge is 2.18. The van der Waals surface area contributed by atoms with Crippen LogP contribution in [0, 0.1) is 0 Å². The van der Waals surface area contributed by atoms with E-state index in [0.29, 0.717) is 36.1 Å². The number of carbonyl (C=O) groups is 1. The summed E-state index contributed by atoms with van der Waals surface area (Å²) in [5.74, 6) is 2.36. The van der Waals surface area contributed by atoms with Gasteiger partial charge in [-0.15, -0.1) is 10.2 Å². The normalized spacial score (nSPS) is 16.3. The number of fused-ring (bicyclic) bond motifs is 1. The van der Waals surface area contributed by atoms with Crippen LogP contribution in [0.5, 0.6) is 11.5 Å². The Kier molecular flexibility index (Phi) is 5.76. The Hall–Kier alpha value is -2.61. The fourth-order valence-electron chi connectivity index (χ4n) is 3.50. The number of hydrogen-bond acceptors (Lipinski definition) is 7. The van der Waals surface area contributed by atoms with Crippen LogP contribution in [-0.4, -0.2) is 65.9 Å². The molecule has 0 saturated carbocycles. The standard InChI is InChI=1S/C20H26N4O4/c1-23(11-12-24-9-3-2-4-10-24)19(25)8-7-18-21-22-20(28-18)15-5-6-16-17(13-15)27-14-26-16/h5-6,13H,2-4,7-12,14H2,1H3. The molecule has 0 atom stereocenters. The molecular weight excluding hydrogens is 360 g/mol. The zero-order valence-corrected chi connectivity index (χ0v) is 16.2. The molecule has 28 heavy (non-hydrogen) atoms. The first-order chi connectivity index (χ1) is 13.7. The van der Waals surface area contributed by atoms with Crippen molar-refractivity contribution in [3.05, 3.63) is 24.1 Å². The van der Waals surface area contributed by atoms with Gasteiger partial charge in [0.05, 0.1) is 0 Å². The lowest BCUT2D eigenvalue weighted by atomic mass is 10.1. The van der Waals surface area contributed by atoms with E-state index >= 15 is 0 Å². The molecule has 3 heterocycles. The van der Waals surface area contributed by atoms with Gasteiger partial charge in [0.25, 0.3) is 0 Å². The Bertz CT molecular complexity index is 816. The maximum atomic E-state index is 12.4. The lowest BCUT2D eigenvalue weighted by Crippen LogP contribution is -2.38. The monoisotopic (exact) mass is 386 g/mol. The highest BCUT2D eigenvalue weighted by molar-refractivity contribution is 5.76. The van der Waals surface area contributed by atoms with Crippen LogP contribution in [0.2, 0.25) is 0 Å². The van der Waals surface area contributed by atoms with Gasteiger partial charge >= 0.3 is 0 Å². The van der Waals surface area contributed by atoms with Gasteiger partial charge in [-0.25, -0.2) is 0 Å². The molecule has 0 N–H and O–H groups in total. The molecule has 1 amide bonds. The summed E-state index contributed by atoms with van der Waals surface area (Å²) in [6.45, 7) is 4.21. The molecule has 8 heteroatoms. The van der Waals surface area contributed by atoms with E-state index in [2.05, 4.69) is 15.1 Å². The first kappa shape index (κ1) is 18.7. The van der Waals surface area contributed by atoms with Gasteiger partial charge in [0.2, 0.25) is 24.5 Å². The van der Waals surface area contributed by atoms with Gasteiger partial charge in [0, 0.05) is 38.5 Å². The van der Waals surface area contributed by atoms with E-state index in [1.54, 1.807) is 4.90 Å². The predicted octanol–water partition coefficient (Wildman–Crippen LogP) is 2.34. The molecule has 2 aliphatic rings. The van der Waals surface area contributed by atoms with E-state index < -0.39 is 0 Å². The number of ether oxygens (including phenoxy) is 2. The number of hydrogen-bond donors (Lipinski definition) is 0. The lowest BCUT2D eigenvalue weighted by molar-refractivity contribution is -0.130. The molecule has 0 bridgehead atoms. The summed E-state index contributed by atoms with van der Waals surface area (Å²) in [6.07, 6.45) is 4.65. The number of aryl methyl sites for hydroxylation is 1. The summed E-state index contributed by atoms with van der Waals surface area (Å²) in [5, 5.41) is 8.16. The van der Waals surface area contributed by atoms with Gasteiger partial charge in [0.15, 0.2) is 11.5 Å². The van der Waals surface area contributed by atoms with E-state index in [9.17, 15) is 4.79 Å². The minimum absolute atomic E-state index is 0.0971. The molecule has 4 rings (SSSR count). The van der Waals surface area contributed by atoms with Crippen molar-refractivity contribution in [2.45, 2.75) is 32.1 Å². The maximum Gasteiger partial charge on any atom is 0.247 e. The van der Waals surface area contributed by atoms with Crippen molar-refractivity contribution >= 4 is 5.91 Å². The summed E-state index contributed by atoms with van der Waals surface area (Å²) in [4.78, 5) is 16.6. The first-order valence-corrected chi connectivity index (χ1v) is 9.88. The van der Waals surface area contributed by atoms with Crippen molar-refractivity contribution in [3.63, 3.8) is 0 Å². The third-order valence-electron chi connectivity index (χ3n) is 5.27. The van der Waals surface area contributed by atoms with E-state index in [1.165, 1.54) is 19.3 Å². The number of likely N-dealkylation sites (tertiary alicyclic amines) is 1. The molecule has 1 aromatic heterocycles. The zero-order chi connectivity index (χ0) is 19.3. The third kappa shape index (κ3) is 4.44. The Morgan fingerprint density at radius 3 is 2.82 bits per heavy atom. The van der Waals surface area contributed by atoms with E-state index in [-0.39, 0.29) is 12.7 Å². The minimum Gasteiger partial charge on any atom is -0.454 e. The quantitative estimate of drug-likeness (QED) is 0.722. The fourth-order valence-corrected chi connectivity index (χ4v) is 3.50. The topological polar surface area (TPSA) is 80.9 Å². The molecular formula is C20H26N4O4. The number of nitrogens with zero attached hydrogens (tertiary/aromatic N) is 4. The van der Waals surface area contributed by atoms with Crippen LogP contribution in [0.3, 0.4) is 0 Å². The van der Waals surface area contributed by atoms with Gasteiger partial charge in [0.1, 0.15) is 0 Å². The first-order valence-electron chi connectivity index (χ1n) is 9.88. The summed E-state index contributed by atoms with van der Waals surface area (Å²) >= 11 is 0. The highest BCUT2D eigenvalue weighted by atomic mass is 16.7. The second-order valence-electron chi connectivity index (χ2n) is 7.29. The molecule has 1 fully saturated rings. The van der Waals surface area contributed by atoms with Crippen molar-refractivity contribution in [2.24, 2.45) is 0 Å². The smallest absolute Gasteiger partial charge is 0.247 e. The Balaban J connectivity index is 1.26. The molecule has 1 aromatic carbocycles. The largest absolute Gasteiger partial charge is 0.454 e. The number of amides is 1. The van der Waals surface area contributed by atoms with Crippen molar-refractivity contribution < 1.29 is 18.7 Å². The number of benzene rings is 1. The van der Waals surface area contributed by atoms with Crippen molar-refractivity contribution in [2.75, 3.05) is 40.0 Å². The lowest BCUT2D eigenvalue weighted by Gasteiger charge is -2.28. The highest BCUT2D eigenvalue weighted by Crippen LogP contribution is 2.35. The second-order valence-corrected chi connectivity index (χ2v) is 7.29. The molecule has 0 radical (unpaired) electrons. The van der Waals surface area contributed by atoms with E-state index in [0.717, 1.165) is 31.7 Å². The van der Waals surface area contributed by atoms with Gasteiger partial charge in [-0.05, 0) is 44.1 Å². The SMILES string of the molecule is CN(CCN1CCCCC1)C(=O)CCc1nnc(-c2ccc3c(c2)OCO3)o1. The third-order valence-corrected chi connectivity index (χ3v) is 5.27. The number of rotatable bonds is 7. The summed E-state index contributed by atoms with van der Waals surface area (Å²) in [7, 11) is 1.86. The van der Waals surface area contributed by atoms with Crippen LogP contribution in [0.1, 0.15) is 31.6 Å². The van der Waals surface area contributed by atoms with Gasteiger partial charge in [-0.2, -0.15) is 0 Å². The number of aromatic nitrogens is 2. The van der Waals surface area contributed by atoms with Gasteiger partial charge in [-0.1, -0.05) is 6.42 Å². The maximum absolute atomic E-state index is 12.4. The zero-order valence-electron chi connectivity index (χ0n) is 16.2. The van der Waals surface area contributed by atoms with Crippen molar-refractivity contribution in [1.29, 1.82) is 0 Å². The van der Waals surface area contributed by atoms with Crippen LogP contribution in [-0.2, 0) is 11.2 Å². The average Bonchev–Trinajstić information content (AvgIpc) is 3.39. The Morgan fingerprint density at radius 1 is 1.14 bits per heavy atom. The molecule has 2 aliphatic heterocycles. The molecule has 2 aromatic rings. The van der Waals surface area contributed by atoms with Crippen molar-refractivity contribution in [1.82, 2.24) is 20.0 Å². The summed E-state index contributed by atoms with van der Waals surface area (Å²) in [6, 6.07) is 5.49. The molecule has 0 unspecified atom stereocenters. The summed E-state index contributed by atoms with van der Waals surface area (Å²) < 4.78 is 16.4. The van der Waals surface area contributed by atoms with Gasteiger partial charge in [-0.3, -0.25) is 4.79 Å². The van der Waals surface area contributed by atoms with E-state index in [4.69, 9.17) is 13.9 Å². The number of piperidine rings is 1. The number of carbonyl (C=O) groups excluding carboxylic acids is 1. The molecule has 0 aliphatic carbocycles. The van der Waals surface area contributed by atoms with Crippen LogP contribution in [0.15, 0.2) is 22.6 Å².